The van der Waals surface area contributed by atoms with Crippen molar-refractivity contribution < 1.29 is 18.8 Å². The second-order valence-corrected chi connectivity index (χ2v) is 6.78. The second-order valence-electron chi connectivity index (χ2n) is 6.78. The van der Waals surface area contributed by atoms with Gasteiger partial charge in [-0.25, -0.2) is 4.90 Å². The van der Waals surface area contributed by atoms with Gasteiger partial charge in [0.1, 0.15) is 12.3 Å². The molecule has 10 nitrogen and oxygen atoms in total. The first kappa shape index (κ1) is 18.0. The molecule has 0 saturated carbocycles. The summed E-state index contributed by atoms with van der Waals surface area (Å²) < 4.78 is 10.4. The van der Waals surface area contributed by atoms with Gasteiger partial charge in [0.05, 0.1) is 12.8 Å². The maximum Gasteiger partial charge on any atom is 0.263 e. The largest absolute Gasteiger partial charge is 0.497 e. The quantitative estimate of drug-likeness (QED) is 0.599. The lowest BCUT2D eigenvalue weighted by molar-refractivity contribution is -0.123. The van der Waals surface area contributed by atoms with E-state index in [9.17, 15) is 9.59 Å². The van der Waals surface area contributed by atoms with Crippen LogP contribution in [-0.4, -0.2) is 46.2 Å². The van der Waals surface area contributed by atoms with Crippen LogP contribution in [-0.2, 0) is 16.1 Å². The minimum Gasteiger partial charge on any atom is -0.497 e. The van der Waals surface area contributed by atoms with Gasteiger partial charge in [-0.3, -0.25) is 14.6 Å². The molecule has 150 valence electrons. The van der Waals surface area contributed by atoms with E-state index >= 15 is 0 Å². The molecule has 3 aromatic rings. The highest BCUT2D eigenvalue weighted by molar-refractivity contribution is 6.25. The van der Waals surface area contributed by atoms with Gasteiger partial charge in [-0.05, 0) is 24.3 Å². The molecule has 3 heterocycles. The molecule has 0 radical (unpaired) electrons. The molecule has 0 bridgehead atoms. The molecule has 0 N–H and O–H groups in total. The number of methoxy groups -OCH3 is 1. The predicted molar refractivity (Wildman–Crippen MR) is 103 cm³/mol. The lowest BCUT2D eigenvalue weighted by Gasteiger charge is -2.19. The Kier molecular flexibility index (Phi) is 4.24. The zero-order valence-corrected chi connectivity index (χ0v) is 15.9. The van der Waals surface area contributed by atoms with Gasteiger partial charge in [0.25, 0.3) is 11.8 Å². The SMILES string of the molecule is COc1ccc(N2C(=O)[C@@H]3N=NN(Cc4nc(-c5ccccc5)no4)[C@H]3C2=O)cc1. The Hall–Kier alpha value is -4.08. The van der Waals surface area contributed by atoms with Crippen molar-refractivity contribution in [3.8, 4) is 17.1 Å². The fourth-order valence-electron chi connectivity index (χ4n) is 3.50. The first-order valence-electron chi connectivity index (χ1n) is 9.23. The summed E-state index contributed by atoms with van der Waals surface area (Å²) in [6, 6.07) is 14.3. The van der Waals surface area contributed by atoms with Gasteiger partial charge in [0, 0.05) is 5.56 Å². The number of carbonyl (C=O) groups excluding carboxylic acids is 2. The number of carbonyl (C=O) groups is 2. The molecular formula is C20H16N6O4. The number of rotatable bonds is 5. The Bertz CT molecular complexity index is 1130. The summed E-state index contributed by atoms with van der Waals surface area (Å²) >= 11 is 0. The zero-order valence-electron chi connectivity index (χ0n) is 15.9. The monoisotopic (exact) mass is 404 g/mol. The lowest BCUT2D eigenvalue weighted by atomic mass is 10.1. The highest BCUT2D eigenvalue weighted by Crippen LogP contribution is 2.33. The average molecular weight is 404 g/mol. The first-order chi connectivity index (χ1) is 14.7. The number of hydrogen-bond donors (Lipinski definition) is 0. The molecule has 2 atom stereocenters. The summed E-state index contributed by atoms with van der Waals surface area (Å²) in [4.78, 5) is 31.3. The van der Waals surface area contributed by atoms with Gasteiger partial charge in [0.2, 0.25) is 11.7 Å². The summed E-state index contributed by atoms with van der Waals surface area (Å²) in [6.45, 7) is 0.0694. The van der Waals surface area contributed by atoms with Crippen LogP contribution in [0.3, 0.4) is 0 Å². The van der Waals surface area contributed by atoms with E-state index in [1.165, 1.54) is 5.01 Å². The number of anilines is 1. The molecule has 10 heteroatoms. The third-order valence-corrected chi connectivity index (χ3v) is 4.99. The number of benzene rings is 2. The Morgan fingerprint density at radius 3 is 2.53 bits per heavy atom. The van der Waals surface area contributed by atoms with Crippen molar-refractivity contribution in [2.24, 2.45) is 10.3 Å². The van der Waals surface area contributed by atoms with Gasteiger partial charge in [0.15, 0.2) is 12.1 Å². The van der Waals surface area contributed by atoms with E-state index < -0.39 is 23.9 Å². The number of ether oxygens (including phenoxy) is 1. The molecule has 2 aromatic carbocycles. The third kappa shape index (κ3) is 2.89. The minimum atomic E-state index is -0.892. The van der Waals surface area contributed by atoms with Crippen molar-refractivity contribution in [2.45, 2.75) is 18.6 Å². The second kappa shape index (κ2) is 7.07. The Balaban J connectivity index is 1.35. The van der Waals surface area contributed by atoms with E-state index in [-0.39, 0.29) is 12.4 Å². The average Bonchev–Trinajstić information content (AvgIpc) is 3.47. The highest BCUT2D eigenvalue weighted by Gasteiger charge is 2.55. The molecule has 0 aliphatic carbocycles. The van der Waals surface area contributed by atoms with Crippen molar-refractivity contribution >= 4 is 17.5 Å². The molecule has 0 unspecified atom stereocenters. The van der Waals surface area contributed by atoms with Crippen LogP contribution in [0.15, 0.2) is 69.5 Å². The lowest BCUT2D eigenvalue weighted by Crippen LogP contribution is -2.39. The van der Waals surface area contributed by atoms with E-state index in [1.54, 1.807) is 31.4 Å². The summed E-state index contributed by atoms with van der Waals surface area (Å²) in [6.07, 6.45) is 0. The molecule has 2 amide bonds. The molecule has 2 aliphatic heterocycles. The molecule has 30 heavy (non-hydrogen) atoms. The van der Waals surface area contributed by atoms with Crippen LogP contribution in [0.4, 0.5) is 5.69 Å². The standard InChI is InChI=1S/C20H16N6O4/c1-29-14-9-7-13(8-10-14)26-19(27)16-17(20(26)28)25(24-22-16)11-15-21-18(23-30-15)12-5-3-2-4-6-12/h2-10,16-17H,11H2,1H3/t16-,17-/m1/s1. The van der Waals surface area contributed by atoms with Crippen LogP contribution in [0.1, 0.15) is 5.89 Å². The Morgan fingerprint density at radius 1 is 1.03 bits per heavy atom. The van der Waals surface area contributed by atoms with E-state index in [2.05, 4.69) is 20.5 Å². The smallest absolute Gasteiger partial charge is 0.263 e. The summed E-state index contributed by atoms with van der Waals surface area (Å²) in [5.74, 6) is 0.522. The van der Waals surface area contributed by atoms with Crippen LogP contribution >= 0.6 is 0 Å². The summed E-state index contributed by atoms with van der Waals surface area (Å²) in [7, 11) is 1.55. The highest BCUT2D eigenvalue weighted by atomic mass is 16.5. The van der Waals surface area contributed by atoms with E-state index in [1.807, 2.05) is 30.3 Å². The first-order valence-corrected chi connectivity index (χ1v) is 9.23. The van der Waals surface area contributed by atoms with Crippen molar-refractivity contribution in [1.29, 1.82) is 0 Å². The number of imide groups is 1. The van der Waals surface area contributed by atoms with Crippen LogP contribution in [0.25, 0.3) is 11.4 Å². The van der Waals surface area contributed by atoms with Crippen LogP contribution in [0, 0.1) is 0 Å². The fourth-order valence-corrected chi connectivity index (χ4v) is 3.50. The van der Waals surface area contributed by atoms with Crippen molar-refractivity contribution in [2.75, 3.05) is 12.0 Å². The molecule has 0 spiro atoms. The van der Waals surface area contributed by atoms with Crippen LogP contribution in [0.2, 0.25) is 0 Å². The maximum absolute atomic E-state index is 13.0. The van der Waals surface area contributed by atoms with Gasteiger partial charge in [-0.1, -0.05) is 40.7 Å². The molecular weight excluding hydrogens is 388 g/mol. The molecule has 1 aromatic heterocycles. The molecule has 1 saturated heterocycles. The topological polar surface area (TPSA) is 113 Å². The van der Waals surface area contributed by atoms with Gasteiger partial charge in [-0.15, -0.1) is 0 Å². The predicted octanol–water partition coefficient (Wildman–Crippen LogP) is 2.24. The number of nitrogens with zero attached hydrogens (tertiary/aromatic N) is 6. The van der Waals surface area contributed by atoms with Crippen LogP contribution in [0.5, 0.6) is 5.75 Å². The Morgan fingerprint density at radius 2 is 1.80 bits per heavy atom. The fraction of sp³-hybridized carbons (Fsp3) is 0.200. The van der Waals surface area contributed by atoms with Gasteiger partial charge >= 0.3 is 0 Å². The molecule has 2 aliphatic rings. The van der Waals surface area contributed by atoms with Crippen molar-refractivity contribution in [1.82, 2.24) is 15.1 Å². The normalized spacial score (nSPS) is 20.2. The number of aromatic nitrogens is 2. The van der Waals surface area contributed by atoms with E-state index in [0.717, 1.165) is 10.5 Å². The minimum absolute atomic E-state index is 0.0694. The number of fused-ring (bicyclic) bond motifs is 1. The summed E-state index contributed by atoms with van der Waals surface area (Å²) in [5, 5.41) is 13.4. The van der Waals surface area contributed by atoms with Crippen molar-refractivity contribution in [3.63, 3.8) is 0 Å². The van der Waals surface area contributed by atoms with Crippen molar-refractivity contribution in [3.05, 3.63) is 60.5 Å². The van der Waals surface area contributed by atoms with Gasteiger partial charge in [-0.2, -0.15) is 10.1 Å². The summed E-state index contributed by atoms with van der Waals surface area (Å²) in [5.41, 5.74) is 1.27. The van der Waals surface area contributed by atoms with Crippen LogP contribution < -0.4 is 9.64 Å². The molecule has 5 rings (SSSR count). The molecule has 1 fully saturated rings. The zero-order chi connectivity index (χ0) is 20.7. The van der Waals surface area contributed by atoms with E-state index in [4.69, 9.17) is 9.26 Å². The van der Waals surface area contributed by atoms with Gasteiger partial charge < -0.3 is 9.26 Å². The van der Waals surface area contributed by atoms with E-state index in [0.29, 0.717) is 17.3 Å². The maximum atomic E-state index is 13.0. The Labute approximate surface area is 170 Å². The number of amides is 2. The number of hydrogen-bond acceptors (Lipinski definition) is 9. The third-order valence-electron chi connectivity index (χ3n) is 4.99.